The largest absolute Gasteiger partial charge is 0.497 e. The number of carbonyl (C=O) groups excluding carboxylic acids is 1. The lowest BCUT2D eigenvalue weighted by atomic mass is 10.0. The van der Waals surface area contributed by atoms with E-state index in [-0.39, 0.29) is 24.4 Å². The van der Waals surface area contributed by atoms with Crippen molar-refractivity contribution in [2.75, 3.05) is 20.3 Å². The maximum Gasteiger partial charge on any atom is 0.244 e. The van der Waals surface area contributed by atoms with Crippen LogP contribution in [0.2, 0.25) is 0 Å². The summed E-state index contributed by atoms with van der Waals surface area (Å²) in [6.45, 7) is 3.22. The van der Waals surface area contributed by atoms with E-state index in [1.807, 2.05) is 37.3 Å². The van der Waals surface area contributed by atoms with Gasteiger partial charge in [0, 0.05) is 6.04 Å². The van der Waals surface area contributed by atoms with Gasteiger partial charge >= 0.3 is 0 Å². The number of carbonyl (C=O) groups is 1. The van der Waals surface area contributed by atoms with E-state index in [0.717, 1.165) is 17.7 Å². The van der Waals surface area contributed by atoms with Crippen molar-refractivity contribution in [3.63, 3.8) is 0 Å². The van der Waals surface area contributed by atoms with Crippen molar-refractivity contribution in [2.45, 2.75) is 26.0 Å². The Hall–Kier alpha value is -2.29. The van der Waals surface area contributed by atoms with E-state index in [4.69, 9.17) is 21.6 Å². The maximum absolute atomic E-state index is 11.4. The van der Waals surface area contributed by atoms with Gasteiger partial charge in [-0.1, -0.05) is 31.1 Å². The molecule has 1 aromatic rings. The van der Waals surface area contributed by atoms with Crippen LogP contribution < -0.4 is 15.8 Å². The molecule has 3 N–H and O–H groups in total. The third kappa shape index (κ3) is 8.37. The second-order valence-electron chi connectivity index (χ2n) is 5.62. The molecule has 5 nitrogen and oxygen atoms in total. The molecule has 0 aliphatic carbocycles. The highest BCUT2D eigenvalue weighted by atomic mass is 16.5. The molecule has 0 bridgehead atoms. The molecule has 130 valence electrons. The van der Waals surface area contributed by atoms with E-state index in [0.29, 0.717) is 13.2 Å². The minimum absolute atomic E-state index is 0.0864. The van der Waals surface area contributed by atoms with Gasteiger partial charge in [0.2, 0.25) is 5.91 Å². The Morgan fingerprint density at radius 3 is 2.75 bits per heavy atom. The molecule has 0 aliphatic rings. The lowest BCUT2D eigenvalue weighted by Gasteiger charge is -2.15. The fourth-order valence-electron chi connectivity index (χ4n) is 2.12. The van der Waals surface area contributed by atoms with Gasteiger partial charge in [-0.15, -0.1) is 6.42 Å². The van der Waals surface area contributed by atoms with Gasteiger partial charge in [-0.3, -0.25) is 4.79 Å². The summed E-state index contributed by atoms with van der Waals surface area (Å²) in [5.41, 5.74) is 7.14. The summed E-state index contributed by atoms with van der Waals surface area (Å²) >= 11 is 0. The fourth-order valence-corrected chi connectivity index (χ4v) is 2.12. The molecule has 1 amide bonds. The lowest BCUT2D eigenvalue weighted by Crippen LogP contribution is -2.28. The van der Waals surface area contributed by atoms with Crippen LogP contribution in [0.4, 0.5) is 0 Å². The third-order valence-electron chi connectivity index (χ3n) is 3.38. The van der Waals surface area contributed by atoms with Gasteiger partial charge in [0.15, 0.2) is 0 Å². The van der Waals surface area contributed by atoms with Crippen LogP contribution in [0, 0.1) is 18.3 Å². The molecule has 0 radical (unpaired) electrons. The summed E-state index contributed by atoms with van der Waals surface area (Å²) in [5, 5.41) is 2.57. The number of terminal acetylenes is 1. The van der Waals surface area contributed by atoms with E-state index < -0.39 is 0 Å². The molecule has 0 saturated heterocycles. The van der Waals surface area contributed by atoms with Crippen molar-refractivity contribution in [1.29, 1.82) is 0 Å². The van der Waals surface area contributed by atoms with Gasteiger partial charge in [-0.05, 0) is 36.1 Å². The summed E-state index contributed by atoms with van der Waals surface area (Å²) in [6.07, 6.45) is 9.14. The van der Waals surface area contributed by atoms with Crippen LogP contribution >= 0.6 is 0 Å². The minimum atomic E-state index is -0.191. The number of nitrogens with two attached hydrogens (primary N) is 1. The second-order valence-corrected chi connectivity index (χ2v) is 5.62. The summed E-state index contributed by atoms with van der Waals surface area (Å²) in [7, 11) is 1.64. The van der Waals surface area contributed by atoms with Gasteiger partial charge in [0.05, 0.1) is 26.9 Å². The normalized spacial score (nSPS) is 13.2. The summed E-state index contributed by atoms with van der Waals surface area (Å²) in [4.78, 5) is 11.4. The second kappa shape index (κ2) is 11.3. The molecule has 2 atom stereocenters. The van der Waals surface area contributed by atoms with Crippen LogP contribution in [-0.2, 0) is 16.1 Å². The van der Waals surface area contributed by atoms with E-state index in [1.165, 1.54) is 6.08 Å². The van der Waals surface area contributed by atoms with Crippen molar-refractivity contribution in [3.8, 4) is 18.1 Å². The standard InChI is InChI=1S/C19H26N2O3/c1-4-11-21-19(22)10-5-15(2)12-17(20)14-24-13-16-6-8-18(23-3)9-7-16/h1,5-10,15,17H,11-14,20H2,2-3H3,(H,21,22)/b10-5+/t15-,17+/m1/s1. The van der Waals surface area contributed by atoms with Crippen LogP contribution in [0.3, 0.4) is 0 Å². The number of rotatable bonds is 10. The molecule has 0 aromatic heterocycles. The maximum atomic E-state index is 11.4. The van der Waals surface area contributed by atoms with Gasteiger partial charge in [0.1, 0.15) is 5.75 Å². The van der Waals surface area contributed by atoms with Crippen LogP contribution in [0.25, 0.3) is 0 Å². The zero-order chi connectivity index (χ0) is 17.8. The SMILES string of the molecule is C#CCNC(=O)/C=C/[C@@H](C)C[C@H](N)COCc1ccc(OC)cc1. The Bertz CT molecular complexity index is 561. The Labute approximate surface area is 144 Å². The minimum Gasteiger partial charge on any atom is -0.497 e. The molecule has 0 aliphatic heterocycles. The Morgan fingerprint density at radius 2 is 2.12 bits per heavy atom. The summed E-state index contributed by atoms with van der Waals surface area (Å²) in [6, 6.07) is 7.64. The van der Waals surface area contributed by atoms with Crippen molar-refractivity contribution < 1.29 is 14.3 Å². The van der Waals surface area contributed by atoms with Gasteiger partial charge in [-0.25, -0.2) is 0 Å². The fraction of sp³-hybridized carbons (Fsp3) is 0.421. The predicted molar refractivity (Wildman–Crippen MR) is 95.4 cm³/mol. The first-order valence-corrected chi connectivity index (χ1v) is 7.91. The van der Waals surface area contributed by atoms with Gasteiger partial charge < -0.3 is 20.5 Å². The van der Waals surface area contributed by atoms with E-state index in [2.05, 4.69) is 11.2 Å². The molecule has 1 aromatic carbocycles. The van der Waals surface area contributed by atoms with Crippen molar-refractivity contribution in [1.82, 2.24) is 5.32 Å². The number of methoxy groups -OCH3 is 1. The average molecular weight is 330 g/mol. The van der Waals surface area contributed by atoms with E-state index in [9.17, 15) is 4.79 Å². The van der Waals surface area contributed by atoms with Crippen LogP contribution in [0.1, 0.15) is 18.9 Å². The number of allylic oxidation sites excluding steroid dienone is 1. The predicted octanol–water partition coefficient (Wildman–Crippen LogP) is 1.87. The van der Waals surface area contributed by atoms with Crippen molar-refractivity contribution >= 4 is 5.91 Å². The number of benzene rings is 1. The lowest BCUT2D eigenvalue weighted by molar-refractivity contribution is -0.116. The van der Waals surface area contributed by atoms with Crippen LogP contribution in [0.5, 0.6) is 5.75 Å². The van der Waals surface area contributed by atoms with Crippen LogP contribution in [-0.4, -0.2) is 32.2 Å². The topological polar surface area (TPSA) is 73.6 Å². The molecule has 0 saturated carbocycles. The number of ether oxygens (including phenoxy) is 2. The molecular formula is C19H26N2O3. The number of hydrogen-bond donors (Lipinski definition) is 2. The van der Waals surface area contributed by atoms with Crippen molar-refractivity contribution in [3.05, 3.63) is 42.0 Å². The zero-order valence-corrected chi connectivity index (χ0v) is 14.3. The molecular weight excluding hydrogens is 304 g/mol. The smallest absolute Gasteiger partial charge is 0.244 e. The molecule has 1 rings (SSSR count). The van der Waals surface area contributed by atoms with Gasteiger partial charge in [0.25, 0.3) is 0 Å². The Balaban J connectivity index is 2.24. The Kier molecular flexibility index (Phi) is 9.28. The third-order valence-corrected chi connectivity index (χ3v) is 3.38. The first-order valence-electron chi connectivity index (χ1n) is 7.91. The summed E-state index contributed by atoms with van der Waals surface area (Å²) < 4.78 is 10.8. The molecule has 0 heterocycles. The Morgan fingerprint density at radius 1 is 1.42 bits per heavy atom. The van der Waals surface area contributed by atoms with Crippen molar-refractivity contribution in [2.24, 2.45) is 11.7 Å². The highest BCUT2D eigenvalue weighted by Gasteiger charge is 2.08. The molecule has 5 heteroatoms. The number of hydrogen-bond acceptors (Lipinski definition) is 4. The average Bonchev–Trinajstić information content (AvgIpc) is 2.58. The quantitative estimate of drug-likeness (QED) is 0.507. The van der Waals surface area contributed by atoms with E-state index in [1.54, 1.807) is 7.11 Å². The van der Waals surface area contributed by atoms with E-state index >= 15 is 0 Å². The highest BCUT2D eigenvalue weighted by molar-refractivity contribution is 5.87. The highest BCUT2D eigenvalue weighted by Crippen LogP contribution is 2.12. The molecule has 0 spiro atoms. The first-order chi connectivity index (χ1) is 11.5. The molecule has 24 heavy (non-hydrogen) atoms. The molecule has 0 unspecified atom stereocenters. The first kappa shape index (κ1) is 19.8. The summed E-state index contributed by atoms with van der Waals surface area (Å²) in [5.74, 6) is 3.16. The van der Waals surface area contributed by atoms with Gasteiger partial charge in [-0.2, -0.15) is 0 Å². The number of amides is 1. The molecule has 0 fully saturated rings. The zero-order valence-electron chi connectivity index (χ0n) is 14.3. The monoisotopic (exact) mass is 330 g/mol. The number of nitrogens with one attached hydrogen (secondary N) is 1. The van der Waals surface area contributed by atoms with Crippen LogP contribution in [0.15, 0.2) is 36.4 Å².